The van der Waals surface area contributed by atoms with Crippen LogP contribution in [0.2, 0.25) is 0 Å². The summed E-state index contributed by atoms with van der Waals surface area (Å²) in [4.78, 5) is 43.2. The number of esters is 1. The van der Waals surface area contributed by atoms with Gasteiger partial charge in [-0.3, -0.25) is 9.80 Å². The van der Waals surface area contributed by atoms with Crippen LogP contribution >= 0.6 is 0 Å². The van der Waals surface area contributed by atoms with Gasteiger partial charge in [-0.15, -0.1) is 0 Å². The van der Waals surface area contributed by atoms with Crippen LogP contribution in [0.3, 0.4) is 0 Å². The molecule has 9 nitrogen and oxygen atoms in total. The van der Waals surface area contributed by atoms with Crippen molar-refractivity contribution < 1.29 is 32.3 Å². The van der Waals surface area contributed by atoms with Crippen molar-refractivity contribution in [3.63, 3.8) is 0 Å². The van der Waals surface area contributed by atoms with E-state index in [-0.39, 0.29) is 42.1 Å². The quantitative estimate of drug-likeness (QED) is 0.573. The summed E-state index contributed by atoms with van der Waals surface area (Å²) < 4.78 is 46.7. The van der Waals surface area contributed by atoms with Crippen molar-refractivity contribution in [2.75, 3.05) is 46.4 Å². The first-order chi connectivity index (χ1) is 17.0. The first kappa shape index (κ1) is 27.3. The molecule has 2 aliphatic heterocycles. The summed E-state index contributed by atoms with van der Waals surface area (Å²) in [5, 5.41) is 5.32. The average Bonchev–Trinajstić information content (AvgIpc) is 2.81. The van der Waals surface area contributed by atoms with Gasteiger partial charge in [-0.2, -0.15) is 13.2 Å². The van der Waals surface area contributed by atoms with Gasteiger partial charge in [0.05, 0.1) is 23.8 Å². The van der Waals surface area contributed by atoms with Gasteiger partial charge in [0.2, 0.25) is 0 Å². The third kappa shape index (κ3) is 5.75. The zero-order chi connectivity index (χ0) is 26.6. The van der Waals surface area contributed by atoms with E-state index in [9.17, 15) is 27.6 Å². The predicted molar refractivity (Wildman–Crippen MR) is 126 cm³/mol. The Balaban J connectivity index is 2.01. The smallest absolute Gasteiger partial charge is 0.416 e. The molecule has 0 unspecified atom stereocenters. The lowest BCUT2D eigenvalue weighted by molar-refractivity contribution is -0.141. The second-order valence-corrected chi connectivity index (χ2v) is 8.72. The highest BCUT2D eigenvalue weighted by atomic mass is 19.4. The number of hydrogen-bond donors (Lipinski definition) is 2. The Bertz CT molecular complexity index is 1030. The Morgan fingerprint density at radius 1 is 1.19 bits per heavy atom. The summed E-state index contributed by atoms with van der Waals surface area (Å²) in [6.07, 6.45) is -4.69. The maximum atomic E-state index is 13.8. The molecule has 0 aliphatic carbocycles. The molecule has 1 saturated heterocycles. The molecule has 1 fully saturated rings. The maximum Gasteiger partial charge on any atom is 0.416 e. The highest BCUT2D eigenvalue weighted by Crippen LogP contribution is 2.39. The van der Waals surface area contributed by atoms with Crippen molar-refractivity contribution in [1.29, 1.82) is 0 Å². The van der Waals surface area contributed by atoms with Crippen LogP contribution in [0.15, 0.2) is 35.5 Å². The number of carbonyl (C=O) groups is 3. The molecule has 2 aliphatic rings. The Morgan fingerprint density at radius 3 is 2.50 bits per heavy atom. The number of halogens is 3. The van der Waals surface area contributed by atoms with Crippen molar-refractivity contribution in [1.82, 2.24) is 25.3 Å². The summed E-state index contributed by atoms with van der Waals surface area (Å²) in [5.41, 5.74) is -0.959. The number of hydrogen-bond acceptors (Lipinski definition) is 5. The molecule has 0 bridgehead atoms. The van der Waals surface area contributed by atoms with Crippen LogP contribution in [0, 0.1) is 0 Å². The summed E-state index contributed by atoms with van der Waals surface area (Å²) in [6.45, 7) is 7.30. The summed E-state index contributed by atoms with van der Waals surface area (Å²) in [7, 11) is 1.46. The number of rotatable bonds is 6. The van der Waals surface area contributed by atoms with E-state index >= 15 is 0 Å². The van der Waals surface area contributed by atoms with E-state index < -0.39 is 29.8 Å². The third-order valence-electron chi connectivity index (χ3n) is 6.32. The molecule has 12 heteroatoms. The Morgan fingerprint density at radius 2 is 1.89 bits per heavy atom. The van der Waals surface area contributed by atoms with Crippen LogP contribution in [0.1, 0.15) is 37.9 Å². The zero-order valence-electron chi connectivity index (χ0n) is 20.8. The number of likely N-dealkylation sites (N-methyl/N-ethyl adjacent to an activating group) is 1. The summed E-state index contributed by atoms with van der Waals surface area (Å²) >= 11 is 0. The number of ether oxygens (including phenoxy) is 1. The lowest BCUT2D eigenvalue weighted by atomic mass is 9.90. The number of urea groups is 2. The van der Waals surface area contributed by atoms with Crippen LogP contribution < -0.4 is 10.6 Å². The second-order valence-electron chi connectivity index (χ2n) is 8.72. The molecule has 1 aromatic carbocycles. The minimum atomic E-state index is -4.69. The average molecular weight is 512 g/mol. The van der Waals surface area contributed by atoms with E-state index in [1.807, 2.05) is 18.7 Å². The lowest BCUT2D eigenvalue weighted by Crippen LogP contribution is -2.58. The van der Waals surface area contributed by atoms with Gasteiger partial charge >= 0.3 is 24.2 Å². The van der Waals surface area contributed by atoms with Crippen molar-refractivity contribution >= 4 is 18.0 Å². The van der Waals surface area contributed by atoms with Gasteiger partial charge in [-0.05, 0) is 32.4 Å². The molecule has 2 heterocycles. The van der Waals surface area contributed by atoms with Gasteiger partial charge in [0, 0.05) is 51.5 Å². The molecule has 3 rings (SSSR count). The number of piperazine rings is 1. The standard InChI is InChI=1S/C24H32F3N5O4/c1-5-28-22(34)32-12-11-31(13-15(32)3)14-18-19(21(33)36-6-2)20(29-23(35)30(18)4)16-9-7-8-10-17(16)24(25,26)27/h7-10,15,20H,5-6,11-14H2,1-4H3,(H,28,34)(H,29,35)/t15-,20-/m0/s1. The Hall–Kier alpha value is -3.28. The highest BCUT2D eigenvalue weighted by Gasteiger charge is 2.42. The molecule has 2 N–H and O–H groups in total. The fourth-order valence-electron chi connectivity index (χ4n) is 4.58. The third-order valence-corrected chi connectivity index (χ3v) is 6.32. The van der Waals surface area contributed by atoms with Gasteiger partial charge < -0.3 is 20.3 Å². The van der Waals surface area contributed by atoms with Gasteiger partial charge in [0.1, 0.15) is 0 Å². The zero-order valence-corrected chi connectivity index (χ0v) is 20.8. The monoisotopic (exact) mass is 511 g/mol. The van der Waals surface area contributed by atoms with Gasteiger partial charge in [0.15, 0.2) is 0 Å². The second kappa shape index (κ2) is 11.2. The van der Waals surface area contributed by atoms with Crippen molar-refractivity contribution in [3.8, 4) is 0 Å². The molecular formula is C24H32F3N5O4. The number of amides is 4. The van der Waals surface area contributed by atoms with Gasteiger partial charge in [-0.1, -0.05) is 18.2 Å². The molecule has 0 aromatic heterocycles. The summed E-state index contributed by atoms with van der Waals surface area (Å²) in [6, 6.07) is 2.57. The fraction of sp³-hybridized carbons (Fsp3) is 0.542. The van der Waals surface area contributed by atoms with E-state index in [1.54, 1.807) is 11.8 Å². The molecule has 1 aromatic rings. The van der Waals surface area contributed by atoms with Crippen LogP contribution in [-0.2, 0) is 15.7 Å². The first-order valence-electron chi connectivity index (χ1n) is 11.9. The molecule has 198 valence electrons. The normalized spacial score (nSPS) is 21.4. The number of carbonyl (C=O) groups excluding carboxylic acids is 3. The van der Waals surface area contributed by atoms with E-state index in [4.69, 9.17) is 4.74 Å². The fourth-order valence-corrected chi connectivity index (χ4v) is 4.58. The predicted octanol–water partition coefficient (Wildman–Crippen LogP) is 2.95. The largest absolute Gasteiger partial charge is 0.463 e. The molecule has 36 heavy (non-hydrogen) atoms. The highest BCUT2D eigenvalue weighted by molar-refractivity contribution is 5.95. The van der Waals surface area contributed by atoms with Crippen LogP contribution in [-0.4, -0.2) is 85.2 Å². The Kier molecular flexibility index (Phi) is 8.49. The first-order valence-corrected chi connectivity index (χ1v) is 11.9. The molecule has 4 amide bonds. The minimum absolute atomic E-state index is 0.0170. The SMILES string of the molecule is CCNC(=O)N1CCN(CC2=C(C(=O)OCC)[C@H](c3ccccc3C(F)(F)F)NC(=O)N2C)C[C@@H]1C. The number of alkyl halides is 3. The van der Waals surface area contributed by atoms with Crippen LogP contribution in [0.25, 0.3) is 0 Å². The lowest BCUT2D eigenvalue weighted by Gasteiger charge is -2.42. The topological polar surface area (TPSA) is 94.2 Å². The van der Waals surface area contributed by atoms with Gasteiger partial charge in [-0.25, -0.2) is 14.4 Å². The van der Waals surface area contributed by atoms with E-state index in [1.165, 1.54) is 30.1 Å². The number of nitrogens with zero attached hydrogens (tertiary/aromatic N) is 3. The van der Waals surface area contributed by atoms with Crippen molar-refractivity contribution in [3.05, 3.63) is 46.7 Å². The van der Waals surface area contributed by atoms with Crippen molar-refractivity contribution in [2.24, 2.45) is 0 Å². The van der Waals surface area contributed by atoms with Crippen LogP contribution in [0.5, 0.6) is 0 Å². The van der Waals surface area contributed by atoms with E-state index in [2.05, 4.69) is 10.6 Å². The van der Waals surface area contributed by atoms with Gasteiger partial charge in [0.25, 0.3) is 0 Å². The van der Waals surface area contributed by atoms with Crippen molar-refractivity contribution in [2.45, 2.75) is 39.0 Å². The molecule has 0 saturated carbocycles. The molecule has 0 radical (unpaired) electrons. The molecule has 0 spiro atoms. The number of benzene rings is 1. The molecular weight excluding hydrogens is 479 g/mol. The van der Waals surface area contributed by atoms with E-state index in [0.717, 1.165) is 6.07 Å². The molecule has 2 atom stereocenters. The minimum Gasteiger partial charge on any atom is -0.463 e. The summed E-state index contributed by atoms with van der Waals surface area (Å²) in [5.74, 6) is -0.796. The van der Waals surface area contributed by atoms with E-state index in [0.29, 0.717) is 26.2 Å². The number of nitrogens with one attached hydrogen (secondary N) is 2. The Labute approximate surface area is 208 Å². The van der Waals surface area contributed by atoms with Crippen LogP contribution in [0.4, 0.5) is 22.8 Å². The maximum absolute atomic E-state index is 13.8.